The summed E-state index contributed by atoms with van der Waals surface area (Å²) in [6.45, 7) is 1.67. The van der Waals surface area contributed by atoms with Gasteiger partial charge >= 0.3 is 6.18 Å². The fraction of sp³-hybridized carbons (Fsp3) is 0.324. The molecule has 3 aliphatic heterocycles. The van der Waals surface area contributed by atoms with Crippen LogP contribution in [0.15, 0.2) is 72.0 Å². The fourth-order valence-electron chi connectivity index (χ4n) is 8.91. The lowest BCUT2D eigenvalue weighted by molar-refractivity contribution is -0.141. The van der Waals surface area contributed by atoms with Crippen LogP contribution in [0.5, 0.6) is 11.5 Å². The first kappa shape index (κ1) is 35.1. The molecular weight excluding hydrogens is 743 g/mol. The molecule has 2 aliphatic carbocycles. The number of alkyl halides is 3. The van der Waals surface area contributed by atoms with Crippen LogP contribution >= 0.6 is 23.2 Å². The summed E-state index contributed by atoms with van der Waals surface area (Å²) in [6.07, 6.45) is -1.29. The molecule has 274 valence electrons. The van der Waals surface area contributed by atoms with Crippen molar-refractivity contribution >= 4 is 58.3 Å². The van der Waals surface area contributed by atoms with Crippen LogP contribution in [0, 0.1) is 40.8 Å². The Labute approximate surface area is 309 Å². The van der Waals surface area contributed by atoms with Crippen molar-refractivity contribution in [2.45, 2.75) is 32.4 Å². The van der Waals surface area contributed by atoms with Gasteiger partial charge in [-0.15, -0.1) is 0 Å². The summed E-state index contributed by atoms with van der Waals surface area (Å²) in [5.41, 5.74) is -0.837. The fourth-order valence-corrected chi connectivity index (χ4v) is 9.31. The van der Waals surface area contributed by atoms with Crippen molar-refractivity contribution in [3.8, 4) is 11.5 Å². The highest BCUT2D eigenvalue weighted by atomic mass is 35.5. The molecule has 10 nitrogen and oxygen atoms in total. The van der Waals surface area contributed by atoms with Crippen LogP contribution < -0.4 is 14.6 Å². The molecule has 0 radical (unpaired) electrons. The first-order chi connectivity index (χ1) is 25.0. The zero-order valence-corrected chi connectivity index (χ0v) is 29.3. The molecular formula is C37H28Cl2F4N4O6. The van der Waals surface area contributed by atoms with Crippen molar-refractivity contribution in [2.75, 3.05) is 17.0 Å². The van der Waals surface area contributed by atoms with Gasteiger partial charge in [-0.2, -0.15) is 18.2 Å². The van der Waals surface area contributed by atoms with Gasteiger partial charge in [0.15, 0.2) is 5.82 Å². The average molecular weight is 772 g/mol. The lowest BCUT2D eigenvalue weighted by Gasteiger charge is -2.49. The number of halogens is 6. The Hall–Kier alpha value is -4.95. The molecule has 6 unspecified atom stereocenters. The Bertz CT molecular complexity index is 2230. The van der Waals surface area contributed by atoms with E-state index in [9.17, 15) is 41.8 Å². The minimum absolute atomic E-state index is 0.0138. The number of hydrogen-bond donors (Lipinski definition) is 1. The predicted molar refractivity (Wildman–Crippen MR) is 182 cm³/mol. The van der Waals surface area contributed by atoms with Gasteiger partial charge < -0.3 is 9.84 Å². The molecule has 1 saturated carbocycles. The number of carbonyl (C=O) groups is 4. The Morgan fingerprint density at radius 2 is 1.74 bits per heavy atom. The maximum atomic E-state index is 14.7. The van der Waals surface area contributed by atoms with Gasteiger partial charge in [0, 0.05) is 24.9 Å². The van der Waals surface area contributed by atoms with E-state index < -0.39 is 82.1 Å². The van der Waals surface area contributed by atoms with Crippen LogP contribution in [0.3, 0.4) is 0 Å². The lowest BCUT2D eigenvalue weighted by Crippen LogP contribution is -2.51. The Balaban J connectivity index is 1.22. The van der Waals surface area contributed by atoms with E-state index in [1.54, 1.807) is 19.1 Å². The highest BCUT2D eigenvalue weighted by Gasteiger charge is 2.68. The number of amides is 4. The molecule has 3 fully saturated rings. The number of rotatable bonds is 4. The number of anilines is 2. The number of carbonyl (C=O) groups excluding carboxylic acids is 4. The molecule has 0 spiro atoms. The van der Waals surface area contributed by atoms with E-state index in [2.05, 4.69) is 4.98 Å². The quantitative estimate of drug-likeness (QED) is 0.173. The minimum Gasteiger partial charge on any atom is -0.508 e. The molecule has 53 heavy (non-hydrogen) atoms. The van der Waals surface area contributed by atoms with Gasteiger partial charge in [-0.1, -0.05) is 34.9 Å². The molecule has 4 heterocycles. The van der Waals surface area contributed by atoms with Gasteiger partial charge in [0.05, 0.1) is 45.2 Å². The van der Waals surface area contributed by atoms with E-state index in [0.29, 0.717) is 28.5 Å². The highest BCUT2D eigenvalue weighted by Crippen LogP contribution is 2.63. The number of fused-ring (bicyclic) bond motifs is 5. The molecule has 3 aromatic rings. The Kier molecular flexibility index (Phi) is 7.97. The standard InChI is InChI=1S/C37H28Cl2F4N4O6/c1-36-23(33(50)46(35(36)52)18-3-8-26(40)25(39)13-18)14-22-20(30(36)17-11-16-12-19(48)4-9-27(16)53-15-17)5-6-21-29(22)34(51)47(32(21)49)45(2)31-24(38)7-10-28(44-31)37(41,42)43/h3-5,7-10,12-13,15,21-23,29-30,48H,6,11,14H2,1-2H3. The second-order valence-corrected chi connectivity index (χ2v) is 14.9. The highest BCUT2D eigenvalue weighted by molar-refractivity contribution is 6.33. The number of hydrogen-bond acceptors (Lipinski definition) is 8. The number of allylic oxidation sites excluding steroid dienone is 3. The maximum absolute atomic E-state index is 14.7. The van der Waals surface area contributed by atoms with Gasteiger partial charge in [-0.25, -0.2) is 14.3 Å². The molecule has 16 heteroatoms. The van der Waals surface area contributed by atoms with Crippen LogP contribution in [-0.4, -0.2) is 45.8 Å². The van der Waals surface area contributed by atoms with E-state index >= 15 is 0 Å². The number of phenolic OH excluding ortho intramolecular Hbond substituents is 1. The van der Waals surface area contributed by atoms with Crippen LogP contribution in [-0.2, 0) is 31.8 Å². The number of nitrogens with zero attached hydrogens (tertiary/aromatic N) is 4. The van der Waals surface area contributed by atoms with Crippen LogP contribution in [0.4, 0.5) is 29.1 Å². The van der Waals surface area contributed by atoms with Crippen molar-refractivity contribution in [1.29, 1.82) is 0 Å². The molecule has 1 N–H and O–H groups in total. The molecule has 2 saturated heterocycles. The minimum atomic E-state index is -4.83. The molecule has 8 rings (SSSR count). The molecule has 1 aromatic heterocycles. The second kappa shape index (κ2) is 12.0. The zero-order valence-electron chi connectivity index (χ0n) is 27.8. The molecule has 6 atom stereocenters. The van der Waals surface area contributed by atoms with Gasteiger partial charge in [0.25, 0.3) is 11.8 Å². The number of pyridine rings is 1. The number of phenols is 1. The maximum Gasteiger partial charge on any atom is 0.433 e. The van der Waals surface area contributed by atoms with Crippen molar-refractivity contribution in [2.24, 2.45) is 35.0 Å². The molecule has 4 amide bonds. The van der Waals surface area contributed by atoms with Crippen molar-refractivity contribution in [3.05, 3.63) is 99.1 Å². The van der Waals surface area contributed by atoms with E-state index in [0.717, 1.165) is 27.1 Å². The van der Waals surface area contributed by atoms with E-state index in [-0.39, 0.29) is 40.7 Å². The van der Waals surface area contributed by atoms with Gasteiger partial charge in [-0.3, -0.25) is 24.2 Å². The third-order valence-electron chi connectivity index (χ3n) is 11.3. The molecule has 2 aromatic carbocycles. The number of aromatic hydroxyl groups is 1. The topological polar surface area (TPSA) is 120 Å². The third-order valence-corrected chi connectivity index (χ3v) is 11.9. The van der Waals surface area contributed by atoms with E-state index in [4.69, 9.17) is 27.9 Å². The lowest BCUT2D eigenvalue weighted by atomic mass is 9.51. The number of hydrazine groups is 1. The monoisotopic (exact) mass is 770 g/mol. The van der Waals surface area contributed by atoms with Crippen molar-refractivity contribution in [3.63, 3.8) is 0 Å². The largest absolute Gasteiger partial charge is 0.508 e. The number of imide groups is 2. The summed E-state index contributed by atoms with van der Waals surface area (Å²) < 4.78 is 61.0. The van der Waals surface area contributed by atoms with E-state index in [1.165, 1.54) is 37.6 Å². The number of benzene rings is 2. The van der Waals surface area contributed by atoms with Crippen molar-refractivity contribution in [1.82, 2.24) is 9.99 Å². The summed E-state index contributed by atoms with van der Waals surface area (Å²) in [5.74, 6) is -7.97. The number of aromatic nitrogens is 1. The second-order valence-electron chi connectivity index (χ2n) is 14.1. The third kappa shape index (κ3) is 5.16. The zero-order chi connectivity index (χ0) is 37.9. The smallest absolute Gasteiger partial charge is 0.433 e. The van der Waals surface area contributed by atoms with Crippen LogP contribution in [0.25, 0.3) is 0 Å². The van der Waals surface area contributed by atoms with Crippen LogP contribution in [0.1, 0.15) is 31.0 Å². The van der Waals surface area contributed by atoms with Gasteiger partial charge in [0.1, 0.15) is 23.0 Å². The Morgan fingerprint density at radius 1 is 0.981 bits per heavy atom. The first-order valence-corrected chi connectivity index (χ1v) is 17.3. The molecule has 0 bridgehead atoms. The van der Waals surface area contributed by atoms with E-state index in [1.807, 2.05) is 0 Å². The van der Waals surface area contributed by atoms with Gasteiger partial charge in [0.2, 0.25) is 11.8 Å². The first-order valence-electron chi connectivity index (χ1n) is 16.6. The predicted octanol–water partition coefficient (Wildman–Crippen LogP) is 6.89. The summed E-state index contributed by atoms with van der Waals surface area (Å²) in [7, 11) is 1.22. The van der Waals surface area contributed by atoms with Crippen molar-refractivity contribution < 1.29 is 46.6 Å². The molecule has 5 aliphatic rings. The Morgan fingerprint density at radius 3 is 2.45 bits per heavy atom. The summed E-state index contributed by atoms with van der Waals surface area (Å²) >= 11 is 12.3. The normalized spacial score (nSPS) is 27.8. The SMILES string of the molecule is CN(c1nc(C(F)(F)F)ccc1Cl)N1C(=O)C2CC=C3C(CC4C(=O)N(c5ccc(F)c(Cl)c5)C(=O)C4(C)C3C3=COc4ccc(O)cc4C3)C2C1=O. The van der Waals surface area contributed by atoms with Gasteiger partial charge in [-0.05, 0) is 79.8 Å². The van der Waals surface area contributed by atoms with Crippen LogP contribution in [0.2, 0.25) is 10.0 Å². The average Bonchev–Trinajstić information content (AvgIpc) is 3.47. The summed E-state index contributed by atoms with van der Waals surface area (Å²) in [5, 5.41) is 11.4. The summed E-state index contributed by atoms with van der Waals surface area (Å²) in [4.78, 5) is 62.1. The number of ether oxygens (including phenoxy) is 1. The summed E-state index contributed by atoms with van der Waals surface area (Å²) in [6, 6.07) is 9.77.